The molecule has 0 aliphatic rings. The van der Waals surface area contributed by atoms with E-state index in [1.807, 2.05) is 36.4 Å². The third kappa shape index (κ3) is 4.28. The van der Waals surface area contributed by atoms with Gasteiger partial charge in [0.2, 0.25) is 0 Å². The first-order valence-corrected chi connectivity index (χ1v) is 9.79. The van der Waals surface area contributed by atoms with E-state index < -0.39 is 0 Å². The minimum Gasteiger partial charge on any atom is -0.496 e. The molecule has 6 heteroatoms. The van der Waals surface area contributed by atoms with Gasteiger partial charge in [-0.1, -0.05) is 24.3 Å². The van der Waals surface area contributed by atoms with Gasteiger partial charge in [-0.2, -0.15) is 0 Å². The zero-order valence-electron chi connectivity index (χ0n) is 15.7. The summed E-state index contributed by atoms with van der Waals surface area (Å²) in [5, 5.41) is 6.00. The van der Waals surface area contributed by atoms with E-state index in [-0.39, 0.29) is 5.91 Å². The van der Waals surface area contributed by atoms with Crippen LogP contribution in [0.25, 0.3) is 11.3 Å². The molecule has 0 spiro atoms. The molecule has 0 unspecified atom stereocenters. The van der Waals surface area contributed by atoms with Crippen molar-refractivity contribution in [3.05, 3.63) is 59.5 Å². The van der Waals surface area contributed by atoms with Gasteiger partial charge < -0.3 is 15.0 Å². The summed E-state index contributed by atoms with van der Waals surface area (Å²) in [5.41, 5.74) is 3.21. The van der Waals surface area contributed by atoms with Crippen LogP contribution in [-0.4, -0.2) is 31.1 Å². The second-order valence-corrected chi connectivity index (χ2v) is 6.76. The summed E-state index contributed by atoms with van der Waals surface area (Å²) >= 11 is 1.65. The minimum atomic E-state index is -0.197. The van der Waals surface area contributed by atoms with E-state index in [1.54, 1.807) is 30.6 Å². The van der Waals surface area contributed by atoms with Crippen molar-refractivity contribution in [3.63, 3.8) is 0 Å². The monoisotopic (exact) mass is 381 g/mol. The summed E-state index contributed by atoms with van der Waals surface area (Å²) in [4.78, 5) is 19.4. The Morgan fingerprint density at radius 3 is 2.48 bits per heavy atom. The molecule has 0 saturated heterocycles. The summed E-state index contributed by atoms with van der Waals surface area (Å²) in [6.07, 6.45) is 0. The fourth-order valence-electron chi connectivity index (χ4n) is 2.79. The van der Waals surface area contributed by atoms with Crippen LogP contribution in [0.4, 0.5) is 10.8 Å². The van der Waals surface area contributed by atoms with Crippen molar-refractivity contribution in [1.82, 2.24) is 4.98 Å². The first-order chi connectivity index (χ1) is 13.2. The molecule has 27 heavy (non-hydrogen) atoms. The molecule has 0 aliphatic carbocycles. The lowest BCUT2D eigenvalue weighted by atomic mass is 10.1. The van der Waals surface area contributed by atoms with Crippen LogP contribution in [0.1, 0.15) is 24.2 Å². The quantitative estimate of drug-likeness (QED) is 0.631. The minimum absolute atomic E-state index is 0.197. The van der Waals surface area contributed by atoms with Crippen molar-refractivity contribution < 1.29 is 9.53 Å². The molecule has 0 bridgehead atoms. The Bertz CT molecular complexity index is 902. The van der Waals surface area contributed by atoms with Crippen LogP contribution < -0.4 is 15.0 Å². The maximum atomic E-state index is 12.5. The molecule has 140 valence electrons. The fraction of sp³-hybridized carbons (Fsp3) is 0.238. The zero-order valence-corrected chi connectivity index (χ0v) is 16.5. The number of para-hydroxylation sites is 1. The molecular formula is C21H23N3O2S. The van der Waals surface area contributed by atoms with Gasteiger partial charge >= 0.3 is 0 Å². The molecule has 1 aromatic heterocycles. The molecule has 3 rings (SSSR count). The molecule has 2 aromatic carbocycles. The Labute approximate surface area is 163 Å². The number of nitrogens with one attached hydrogen (secondary N) is 1. The number of benzene rings is 2. The molecule has 1 heterocycles. The number of anilines is 2. The van der Waals surface area contributed by atoms with Crippen molar-refractivity contribution in [1.29, 1.82) is 0 Å². The first kappa shape index (κ1) is 18.9. The first-order valence-electron chi connectivity index (χ1n) is 8.91. The molecule has 5 nitrogen and oxygen atoms in total. The Hall–Kier alpha value is -2.86. The van der Waals surface area contributed by atoms with Gasteiger partial charge in [0.05, 0.1) is 18.4 Å². The van der Waals surface area contributed by atoms with Crippen LogP contribution in [0.15, 0.2) is 53.9 Å². The number of thiazole rings is 1. The highest BCUT2D eigenvalue weighted by atomic mass is 32.1. The molecule has 0 aliphatic heterocycles. The SMILES string of the molecule is CCN(CC)c1nc(-c2ccc(NC(=O)c3ccccc3OC)cc2)cs1. The highest BCUT2D eigenvalue weighted by Crippen LogP contribution is 2.28. The van der Waals surface area contributed by atoms with E-state index in [0.717, 1.165) is 35.2 Å². The average Bonchev–Trinajstić information content (AvgIpc) is 3.19. The van der Waals surface area contributed by atoms with E-state index in [2.05, 4.69) is 29.4 Å². The Kier molecular flexibility index (Phi) is 6.08. The summed E-state index contributed by atoms with van der Waals surface area (Å²) < 4.78 is 5.25. The average molecular weight is 382 g/mol. The third-order valence-corrected chi connectivity index (χ3v) is 5.22. The maximum Gasteiger partial charge on any atom is 0.259 e. The van der Waals surface area contributed by atoms with Gasteiger partial charge in [-0.05, 0) is 38.1 Å². The number of aromatic nitrogens is 1. The fourth-order valence-corrected chi connectivity index (χ4v) is 3.76. The molecule has 3 aromatic rings. The third-order valence-electron chi connectivity index (χ3n) is 4.32. The summed E-state index contributed by atoms with van der Waals surface area (Å²) in [7, 11) is 1.56. The molecule has 1 N–H and O–H groups in total. The normalized spacial score (nSPS) is 10.5. The van der Waals surface area contributed by atoms with Crippen molar-refractivity contribution in [2.75, 3.05) is 30.4 Å². The number of carbonyl (C=O) groups excluding carboxylic acids is 1. The van der Waals surface area contributed by atoms with Gasteiger partial charge in [0.15, 0.2) is 5.13 Å². The van der Waals surface area contributed by atoms with E-state index >= 15 is 0 Å². The van der Waals surface area contributed by atoms with Gasteiger partial charge in [-0.15, -0.1) is 11.3 Å². The van der Waals surface area contributed by atoms with Crippen LogP contribution >= 0.6 is 11.3 Å². The molecule has 0 saturated carbocycles. The number of methoxy groups -OCH3 is 1. The number of ether oxygens (including phenoxy) is 1. The second-order valence-electron chi connectivity index (χ2n) is 5.92. The van der Waals surface area contributed by atoms with Crippen molar-refractivity contribution in [2.45, 2.75) is 13.8 Å². The number of nitrogens with zero attached hydrogens (tertiary/aromatic N) is 2. The van der Waals surface area contributed by atoms with Crippen LogP contribution in [0.2, 0.25) is 0 Å². The van der Waals surface area contributed by atoms with Crippen LogP contribution in [0.3, 0.4) is 0 Å². The number of carbonyl (C=O) groups is 1. The Morgan fingerprint density at radius 2 is 1.81 bits per heavy atom. The zero-order chi connectivity index (χ0) is 19.2. The van der Waals surface area contributed by atoms with E-state index in [1.165, 1.54) is 0 Å². The highest BCUT2D eigenvalue weighted by molar-refractivity contribution is 7.14. The maximum absolute atomic E-state index is 12.5. The second kappa shape index (κ2) is 8.68. The van der Waals surface area contributed by atoms with E-state index in [9.17, 15) is 4.79 Å². The van der Waals surface area contributed by atoms with Crippen molar-refractivity contribution in [3.8, 4) is 17.0 Å². The summed E-state index contributed by atoms with van der Waals surface area (Å²) in [6.45, 7) is 6.14. The van der Waals surface area contributed by atoms with Gasteiger partial charge in [0.1, 0.15) is 5.75 Å². The summed E-state index contributed by atoms with van der Waals surface area (Å²) in [6, 6.07) is 14.9. The Balaban J connectivity index is 1.73. The van der Waals surface area contributed by atoms with E-state index in [4.69, 9.17) is 9.72 Å². The largest absolute Gasteiger partial charge is 0.496 e. The molecule has 0 atom stereocenters. The lowest BCUT2D eigenvalue weighted by molar-refractivity contribution is 0.102. The number of rotatable bonds is 7. The predicted octanol–water partition coefficient (Wildman–Crippen LogP) is 4.92. The van der Waals surface area contributed by atoms with Gasteiger partial charge in [-0.3, -0.25) is 4.79 Å². The molecule has 1 amide bonds. The van der Waals surface area contributed by atoms with Gasteiger partial charge in [0.25, 0.3) is 5.91 Å². The number of amides is 1. The van der Waals surface area contributed by atoms with Crippen LogP contribution in [0.5, 0.6) is 5.75 Å². The number of hydrogen-bond donors (Lipinski definition) is 1. The van der Waals surface area contributed by atoms with E-state index in [0.29, 0.717) is 11.3 Å². The predicted molar refractivity (Wildman–Crippen MR) is 112 cm³/mol. The molecule has 0 fully saturated rings. The van der Waals surface area contributed by atoms with Crippen LogP contribution in [-0.2, 0) is 0 Å². The molecular weight excluding hydrogens is 358 g/mol. The van der Waals surface area contributed by atoms with Crippen molar-refractivity contribution in [2.24, 2.45) is 0 Å². The van der Waals surface area contributed by atoms with Crippen LogP contribution in [0, 0.1) is 0 Å². The lowest BCUT2D eigenvalue weighted by Gasteiger charge is -2.16. The van der Waals surface area contributed by atoms with Gasteiger partial charge in [-0.25, -0.2) is 4.98 Å². The van der Waals surface area contributed by atoms with Crippen molar-refractivity contribution >= 4 is 28.1 Å². The standard InChI is InChI=1S/C21H23N3O2S/c1-4-24(5-2)21-23-18(14-27-21)15-10-12-16(13-11-15)22-20(25)17-8-6-7-9-19(17)26-3/h6-14H,4-5H2,1-3H3,(H,22,25). The topological polar surface area (TPSA) is 54.5 Å². The summed E-state index contributed by atoms with van der Waals surface area (Å²) in [5.74, 6) is 0.357. The van der Waals surface area contributed by atoms with Gasteiger partial charge in [0, 0.05) is 29.7 Å². The smallest absolute Gasteiger partial charge is 0.259 e. The number of hydrogen-bond acceptors (Lipinski definition) is 5. The lowest BCUT2D eigenvalue weighted by Crippen LogP contribution is -2.21. The Morgan fingerprint density at radius 1 is 1.11 bits per heavy atom. The molecule has 0 radical (unpaired) electrons. The highest BCUT2D eigenvalue weighted by Gasteiger charge is 2.12.